The fourth-order valence-corrected chi connectivity index (χ4v) is 6.37. The van der Waals surface area contributed by atoms with Crippen molar-refractivity contribution >= 4 is 74.5 Å². The summed E-state index contributed by atoms with van der Waals surface area (Å²) >= 11 is 0. The maximum absolute atomic E-state index is 13.7. The van der Waals surface area contributed by atoms with Crippen molar-refractivity contribution in [3.8, 4) is 0 Å². The summed E-state index contributed by atoms with van der Waals surface area (Å²) < 4.78 is 16.1. The molecule has 4 heterocycles. The lowest BCUT2D eigenvalue weighted by atomic mass is 10.0. The van der Waals surface area contributed by atoms with Crippen molar-refractivity contribution in [3.63, 3.8) is 0 Å². The number of aryl methyl sites for hydroxylation is 4. The van der Waals surface area contributed by atoms with E-state index in [0.717, 1.165) is 44.6 Å². The van der Waals surface area contributed by atoms with E-state index in [1.165, 1.54) is 0 Å². The van der Waals surface area contributed by atoms with E-state index < -0.39 is 17.5 Å². The number of aromatic nitrogens is 6. The molecule has 6 N–H and O–H groups in total. The second-order valence-corrected chi connectivity index (χ2v) is 14.0. The van der Waals surface area contributed by atoms with Crippen molar-refractivity contribution in [2.45, 2.75) is 48.1 Å². The molecular formula is C42H38N10O6. The third-order valence-corrected chi connectivity index (χ3v) is 9.84. The lowest BCUT2D eigenvalue weighted by molar-refractivity contribution is 0.0471. The quantitative estimate of drug-likeness (QED) is 0.0681. The summed E-state index contributed by atoms with van der Waals surface area (Å²) in [5.74, 6) is 0.296. The first-order chi connectivity index (χ1) is 27.8. The predicted octanol–water partition coefficient (Wildman–Crippen LogP) is 8.32. The molecule has 0 aliphatic heterocycles. The largest absolute Gasteiger partial charge is 0.457 e. The van der Waals surface area contributed by atoms with Crippen LogP contribution in [0.5, 0.6) is 0 Å². The maximum Gasteiger partial charge on any atom is 0.417 e. The zero-order chi connectivity index (χ0) is 40.7. The van der Waals surface area contributed by atoms with Gasteiger partial charge in [-0.3, -0.25) is 9.97 Å². The Morgan fingerprint density at radius 2 is 1.10 bits per heavy atom. The van der Waals surface area contributed by atoms with Crippen molar-refractivity contribution in [2.75, 3.05) is 21.3 Å². The van der Waals surface area contributed by atoms with Crippen LogP contribution in [-0.4, -0.2) is 35.9 Å². The van der Waals surface area contributed by atoms with Crippen LogP contribution in [0.1, 0.15) is 49.3 Å². The highest BCUT2D eigenvalue weighted by atomic mass is 16.5. The number of ether oxygens (including phenoxy) is 1. The molecule has 0 fully saturated rings. The molecule has 292 valence electrons. The molecule has 0 aliphatic rings. The van der Waals surface area contributed by atoms with Crippen molar-refractivity contribution in [1.29, 1.82) is 0 Å². The summed E-state index contributed by atoms with van der Waals surface area (Å²) in [5, 5.41) is 13.1. The van der Waals surface area contributed by atoms with E-state index in [9.17, 15) is 14.4 Å². The summed E-state index contributed by atoms with van der Waals surface area (Å²) in [6.07, 6.45) is 3.40. The number of hydrogen-bond donors (Lipinski definition) is 6. The van der Waals surface area contributed by atoms with Crippen molar-refractivity contribution < 1.29 is 18.4 Å². The minimum atomic E-state index is -0.526. The van der Waals surface area contributed by atoms with E-state index in [4.69, 9.17) is 18.6 Å². The SMILES string of the molecule is Cc1cnc(Nc2cc(C)c(C)c(COC(=O)c3cc(Nc4ncc(C)c(Nc5ccc6oc(=O)[nH]c6c5)n4)cc(C)c3C)c2)nc1Nc1ccc2oc(=O)[nH]c2c1. The van der Waals surface area contributed by atoms with Crippen LogP contribution in [0.15, 0.2) is 91.5 Å². The number of aromatic amines is 2. The van der Waals surface area contributed by atoms with Crippen LogP contribution >= 0.6 is 0 Å². The number of oxazole rings is 2. The molecule has 0 unspecified atom stereocenters. The van der Waals surface area contributed by atoms with Crippen LogP contribution in [-0.2, 0) is 11.3 Å². The van der Waals surface area contributed by atoms with Crippen LogP contribution < -0.4 is 32.8 Å². The standard InChI is InChI=1S/C42H38N10O6/c1-20-11-29(47-39-43-17-22(3)36(51-39)45-27-7-9-34-32(15-27)49-41(54)57-34)13-26(24(20)5)19-56-38(53)31-14-30(12-21(2)25(31)6)48-40-44-18-23(4)37(52-40)46-28-8-10-35-33(16-28)50-42(55)58-35/h7-18H,19H2,1-6H3,(H,49,54)(H,50,55)(H2,43,45,47,51)(H2,44,46,48,52). The zero-order valence-electron chi connectivity index (χ0n) is 32.4. The molecule has 0 atom stereocenters. The van der Waals surface area contributed by atoms with E-state index >= 15 is 0 Å². The van der Waals surface area contributed by atoms with Crippen LogP contribution in [0.25, 0.3) is 22.2 Å². The molecule has 4 aromatic heterocycles. The van der Waals surface area contributed by atoms with Gasteiger partial charge >= 0.3 is 17.5 Å². The van der Waals surface area contributed by atoms with Crippen molar-refractivity contribution in [3.05, 3.63) is 139 Å². The Labute approximate surface area is 330 Å². The molecule has 0 aliphatic carbocycles. The number of carbonyl (C=O) groups is 1. The summed E-state index contributed by atoms with van der Waals surface area (Å²) in [5.41, 5.74) is 11.3. The lowest BCUT2D eigenvalue weighted by Crippen LogP contribution is -2.10. The average Bonchev–Trinajstić information content (AvgIpc) is 3.75. The Balaban J connectivity index is 0.958. The fourth-order valence-electron chi connectivity index (χ4n) is 6.37. The normalized spacial score (nSPS) is 11.2. The van der Waals surface area contributed by atoms with Crippen LogP contribution in [0.2, 0.25) is 0 Å². The maximum atomic E-state index is 13.7. The summed E-state index contributed by atoms with van der Waals surface area (Å²) in [4.78, 5) is 60.5. The summed E-state index contributed by atoms with van der Waals surface area (Å²) in [6, 6.07) is 18.1. The molecule has 0 amide bonds. The fraction of sp³-hybridized carbons (Fsp3) is 0.167. The number of fused-ring (bicyclic) bond motifs is 2. The first-order valence-corrected chi connectivity index (χ1v) is 18.2. The van der Waals surface area contributed by atoms with E-state index in [-0.39, 0.29) is 6.61 Å². The van der Waals surface area contributed by atoms with Crippen LogP contribution in [0.3, 0.4) is 0 Å². The molecule has 58 heavy (non-hydrogen) atoms. The average molecular weight is 779 g/mol. The molecule has 0 saturated carbocycles. The Bertz CT molecular complexity index is 3020. The van der Waals surface area contributed by atoms with E-state index in [0.29, 0.717) is 68.4 Å². The molecule has 8 aromatic rings. The highest BCUT2D eigenvalue weighted by molar-refractivity contribution is 5.93. The Kier molecular flexibility index (Phi) is 9.66. The van der Waals surface area contributed by atoms with Gasteiger partial charge in [0.05, 0.1) is 16.6 Å². The van der Waals surface area contributed by atoms with Gasteiger partial charge in [0.2, 0.25) is 11.9 Å². The van der Waals surface area contributed by atoms with Crippen molar-refractivity contribution in [1.82, 2.24) is 29.9 Å². The smallest absolute Gasteiger partial charge is 0.417 e. The Morgan fingerprint density at radius 1 is 0.603 bits per heavy atom. The van der Waals surface area contributed by atoms with Gasteiger partial charge in [0.25, 0.3) is 0 Å². The molecule has 0 spiro atoms. The van der Waals surface area contributed by atoms with Gasteiger partial charge in [0.1, 0.15) is 18.2 Å². The number of hydrogen-bond acceptors (Lipinski definition) is 14. The predicted molar refractivity (Wildman–Crippen MR) is 221 cm³/mol. The molecule has 16 heteroatoms. The minimum absolute atomic E-state index is 0.0336. The number of nitrogens with zero attached hydrogens (tertiary/aromatic N) is 4. The minimum Gasteiger partial charge on any atom is -0.457 e. The number of anilines is 8. The molecule has 0 saturated heterocycles. The van der Waals surface area contributed by atoms with Crippen molar-refractivity contribution in [2.24, 2.45) is 0 Å². The number of benzene rings is 4. The Hall–Kier alpha value is -7.75. The molecule has 0 radical (unpaired) electrons. The highest BCUT2D eigenvalue weighted by Gasteiger charge is 2.17. The summed E-state index contributed by atoms with van der Waals surface area (Å²) in [6.45, 7) is 11.6. The second-order valence-electron chi connectivity index (χ2n) is 14.0. The van der Waals surface area contributed by atoms with Gasteiger partial charge in [-0.05, 0) is 130 Å². The molecule has 16 nitrogen and oxygen atoms in total. The monoisotopic (exact) mass is 778 g/mol. The number of rotatable bonds is 11. The van der Waals surface area contributed by atoms with Gasteiger partial charge in [0.15, 0.2) is 11.2 Å². The third kappa shape index (κ3) is 7.84. The zero-order valence-corrected chi connectivity index (χ0v) is 32.4. The number of esters is 1. The van der Waals surface area contributed by atoms with E-state index in [1.54, 1.807) is 54.9 Å². The van der Waals surface area contributed by atoms with Gasteiger partial charge in [-0.25, -0.2) is 24.4 Å². The van der Waals surface area contributed by atoms with Gasteiger partial charge in [0, 0.05) is 46.3 Å². The van der Waals surface area contributed by atoms with Crippen LogP contribution in [0.4, 0.5) is 46.3 Å². The summed E-state index contributed by atoms with van der Waals surface area (Å²) in [7, 11) is 0. The highest BCUT2D eigenvalue weighted by Crippen LogP contribution is 2.29. The van der Waals surface area contributed by atoms with E-state index in [2.05, 4.69) is 46.2 Å². The van der Waals surface area contributed by atoms with Gasteiger partial charge in [-0.15, -0.1) is 0 Å². The van der Waals surface area contributed by atoms with Gasteiger partial charge in [-0.2, -0.15) is 9.97 Å². The molecular weight excluding hydrogens is 741 g/mol. The molecule has 4 aromatic carbocycles. The first-order valence-electron chi connectivity index (χ1n) is 18.2. The molecule has 0 bridgehead atoms. The molecule has 8 rings (SSSR count). The first kappa shape index (κ1) is 37.2. The van der Waals surface area contributed by atoms with Crippen LogP contribution in [0, 0.1) is 41.5 Å². The second kappa shape index (κ2) is 15.1. The lowest BCUT2D eigenvalue weighted by Gasteiger charge is -2.16. The van der Waals surface area contributed by atoms with Gasteiger partial charge in [-0.1, -0.05) is 0 Å². The number of carbonyl (C=O) groups excluding carboxylic acids is 1. The van der Waals surface area contributed by atoms with E-state index in [1.807, 2.05) is 59.7 Å². The third-order valence-electron chi connectivity index (χ3n) is 9.84. The van der Waals surface area contributed by atoms with Gasteiger partial charge < -0.3 is 34.8 Å². The Morgan fingerprint density at radius 3 is 1.64 bits per heavy atom. The topological polar surface area (TPSA) is 218 Å². The number of H-pyrrole nitrogens is 2. The number of nitrogens with one attached hydrogen (secondary N) is 6.